The summed E-state index contributed by atoms with van der Waals surface area (Å²) in [6.45, 7) is 2.08. The number of rotatable bonds is 13. The monoisotopic (exact) mass is 637 g/mol. The van der Waals surface area contributed by atoms with Crippen molar-refractivity contribution in [2.24, 2.45) is 0 Å². The minimum Gasteiger partial charge on any atom is -0.497 e. The Hall–Kier alpha value is -3.97. The number of carbonyl (C=O) groups is 2. The summed E-state index contributed by atoms with van der Waals surface area (Å²) in [5.41, 5.74) is 1.46. The van der Waals surface area contributed by atoms with Gasteiger partial charge in [-0.15, -0.1) is 0 Å². The van der Waals surface area contributed by atoms with Crippen LogP contribution in [0.1, 0.15) is 30.0 Å². The van der Waals surface area contributed by atoms with Gasteiger partial charge in [-0.3, -0.25) is 9.59 Å². The van der Waals surface area contributed by atoms with E-state index >= 15 is 0 Å². The molecule has 45 heavy (non-hydrogen) atoms. The van der Waals surface area contributed by atoms with Crippen LogP contribution in [0.5, 0.6) is 11.5 Å². The third kappa shape index (κ3) is 8.40. The molecule has 2 amide bonds. The average molecular weight is 638 g/mol. The molecular formula is C33H39N3O8S. The highest BCUT2D eigenvalue weighted by Crippen LogP contribution is 2.26. The maximum absolute atomic E-state index is 13.9. The van der Waals surface area contributed by atoms with Crippen LogP contribution in [0.25, 0.3) is 0 Å². The number of nitrogens with one attached hydrogen (secondary N) is 1. The van der Waals surface area contributed by atoms with Gasteiger partial charge in [0.15, 0.2) is 6.61 Å². The lowest BCUT2D eigenvalue weighted by molar-refractivity contribution is -0.143. The Morgan fingerprint density at radius 2 is 1.64 bits per heavy atom. The minimum atomic E-state index is -3.67. The summed E-state index contributed by atoms with van der Waals surface area (Å²) in [5, 5.41) is 3.00. The van der Waals surface area contributed by atoms with Gasteiger partial charge in [0.1, 0.15) is 17.5 Å². The van der Waals surface area contributed by atoms with Crippen molar-refractivity contribution in [3.8, 4) is 11.5 Å². The number of amides is 2. The van der Waals surface area contributed by atoms with E-state index in [0.29, 0.717) is 56.5 Å². The van der Waals surface area contributed by atoms with Crippen molar-refractivity contribution in [1.29, 1.82) is 0 Å². The second kappa shape index (κ2) is 15.3. The number of morpholine rings is 1. The van der Waals surface area contributed by atoms with Crippen LogP contribution < -0.4 is 14.8 Å². The van der Waals surface area contributed by atoms with E-state index in [1.165, 1.54) is 33.5 Å². The SMILES string of the molecule is COc1ccc(CN(C(=O)COc2ccc(S(=O)(=O)N3CCOCC3)cc2)[C@@H](C(=O)NC[C@H]2CCCO2)c2ccccc2)cc1. The number of nitrogens with zero attached hydrogens (tertiary/aromatic N) is 2. The van der Waals surface area contributed by atoms with Gasteiger partial charge >= 0.3 is 0 Å². The molecule has 3 aromatic rings. The van der Waals surface area contributed by atoms with Crippen molar-refractivity contribution < 1.29 is 37.0 Å². The number of benzene rings is 3. The zero-order valence-electron chi connectivity index (χ0n) is 25.3. The highest BCUT2D eigenvalue weighted by atomic mass is 32.2. The van der Waals surface area contributed by atoms with E-state index in [1.54, 1.807) is 19.2 Å². The third-order valence-corrected chi connectivity index (χ3v) is 9.74. The Kier molecular flexibility index (Phi) is 11.1. The Morgan fingerprint density at radius 3 is 2.29 bits per heavy atom. The first-order chi connectivity index (χ1) is 21.8. The second-order valence-electron chi connectivity index (χ2n) is 10.8. The third-order valence-electron chi connectivity index (χ3n) is 7.83. The lowest BCUT2D eigenvalue weighted by Gasteiger charge is -2.32. The normalized spacial score (nSPS) is 17.8. The number of hydrogen-bond acceptors (Lipinski definition) is 8. The maximum Gasteiger partial charge on any atom is 0.261 e. The topological polar surface area (TPSA) is 124 Å². The molecule has 1 N–H and O–H groups in total. The van der Waals surface area contributed by atoms with Crippen LogP contribution in [0.3, 0.4) is 0 Å². The molecule has 0 aliphatic carbocycles. The standard InChI is InChI=1S/C33H39N3O8S/c1-41-27-11-9-25(10-12-27)23-36(32(26-6-3-2-4-7-26)33(38)34-22-29-8-5-19-43-29)31(37)24-44-28-13-15-30(16-14-28)45(39,40)35-17-20-42-21-18-35/h2-4,6-7,9-16,29,32H,5,8,17-24H2,1H3,(H,34,38)/t29-,32-/m1/s1. The number of ether oxygens (including phenoxy) is 4. The molecule has 0 bridgehead atoms. The van der Waals surface area contributed by atoms with Crippen LogP contribution >= 0.6 is 0 Å². The molecule has 5 rings (SSSR count). The summed E-state index contributed by atoms with van der Waals surface area (Å²) in [4.78, 5) is 29.3. The number of hydrogen-bond donors (Lipinski definition) is 1. The molecule has 2 aliphatic heterocycles. The summed E-state index contributed by atoms with van der Waals surface area (Å²) in [6, 6.07) is 21.5. The Morgan fingerprint density at radius 1 is 0.956 bits per heavy atom. The first-order valence-corrected chi connectivity index (χ1v) is 16.5. The molecular weight excluding hydrogens is 598 g/mol. The molecule has 0 unspecified atom stereocenters. The van der Waals surface area contributed by atoms with Crippen LogP contribution in [-0.2, 0) is 35.6 Å². The lowest BCUT2D eigenvalue weighted by atomic mass is 10.0. The van der Waals surface area contributed by atoms with Crippen LogP contribution in [0.2, 0.25) is 0 Å². The van der Waals surface area contributed by atoms with Crippen molar-refractivity contribution in [2.75, 3.05) is 53.2 Å². The van der Waals surface area contributed by atoms with Gasteiger partial charge in [-0.1, -0.05) is 42.5 Å². The fraction of sp³-hybridized carbons (Fsp3) is 0.394. The predicted octanol–water partition coefficient (Wildman–Crippen LogP) is 3.16. The summed E-state index contributed by atoms with van der Waals surface area (Å²) in [5.74, 6) is 0.258. The van der Waals surface area contributed by atoms with Crippen LogP contribution in [0.15, 0.2) is 83.8 Å². The Bertz CT molecular complexity index is 1510. The lowest BCUT2D eigenvalue weighted by Crippen LogP contribution is -2.46. The van der Waals surface area contributed by atoms with Gasteiger partial charge in [0.25, 0.3) is 5.91 Å². The van der Waals surface area contributed by atoms with Crippen LogP contribution in [-0.4, -0.2) is 88.7 Å². The van der Waals surface area contributed by atoms with Gasteiger partial charge in [-0.05, 0) is 60.4 Å². The van der Waals surface area contributed by atoms with Crippen LogP contribution in [0, 0.1) is 0 Å². The summed E-state index contributed by atoms with van der Waals surface area (Å²) >= 11 is 0. The van der Waals surface area contributed by atoms with Crippen molar-refractivity contribution in [3.63, 3.8) is 0 Å². The fourth-order valence-electron chi connectivity index (χ4n) is 5.35. The molecule has 2 atom stereocenters. The molecule has 0 aromatic heterocycles. The van der Waals surface area contributed by atoms with Gasteiger partial charge in [-0.2, -0.15) is 4.31 Å². The van der Waals surface area contributed by atoms with Gasteiger partial charge < -0.3 is 29.2 Å². The van der Waals surface area contributed by atoms with Gasteiger partial charge in [0.2, 0.25) is 15.9 Å². The smallest absolute Gasteiger partial charge is 0.261 e. The van der Waals surface area contributed by atoms with Crippen molar-refractivity contribution >= 4 is 21.8 Å². The fourth-order valence-corrected chi connectivity index (χ4v) is 6.76. The Balaban J connectivity index is 1.35. The van der Waals surface area contributed by atoms with E-state index in [9.17, 15) is 18.0 Å². The highest BCUT2D eigenvalue weighted by Gasteiger charge is 2.33. The zero-order valence-corrected chi connectivity index (χ0v) is 26.1. The zero-order chi connectivity index (χ0) is 31.6. The number of methoxy groups -OCH3 is 1. The number of carbonyl (C=O) groups excluding carboxylic acids is 2. The molecule has 2 fully saturated rings. The summed E-state index contributed by atoms with van der Waals surface area (Å²) < 4.78 is 49.5. The molecule has 11 nitrogen and oxygen atoms in total. The molecule has 0 saturated carbocycles. The first-order valence-electron chi connectivity index (χ1n) is 15.0. The first kappa shape index (κ1) is 32.4. The van der Waals surface area contributed by atoms with Gasteiger partial charge in [0.05, 0.1) is 31.3 Å². The van der Waals surface area contributed by atoms with Crippen molar-refractivity contribution in [2.45, 2.75) is 36.4 Å². The van der Waals surface area contributed by atoms with Gasteiger partial charge in [0, 0.05) is 32.8 Å². The quantitative estimate of drug-likeness (QED) is 0.303. The molecule has 2 aliphatic rings. The molecule has 0 spiro atoms. The van der Waals surface area contributed by atoms with Crippen molar-refractivity contribution in [1.82, 2.24) is 14.5 Å². The van der Waals surface area contributed by atoms with Crippen LogP contribution in [0.4, 0.5) is 0 Å². The highest BCUT2D eigenvalue weighted by molar-refractivity contribution is 7.89. The van der Waals surface area contributed by atoms with E-state index in [0.717, 1.165) is 18.4 Å². The largest absolute Gasteiger partial charge is 0.497 e. The molecule has 2 heterocycles. The molecule has 12 heteroatoms. The van der Waals surface area contributed by atoms with E-state index in [4.69, 9.17) is 18.9 Å². The van der Waals surface area contributed by atoms with E-state index in [2.05, 4.69) is 5.32 Å². The average Bonchev–Trinajstić information content (AvgIpc) is 3.61. The minimum absolute atomic E-state index is 0.0607. The van der Waals surface area contributed by atoms with E-state index in [-0.39, 0.29) is 30.1 Å². The molecule has 0 radical (unpaired) electrons. The second-order valence-corrected chi connectivity index (χ2v) is 12.8. The number of sulfonamides is 1. The Labute approximate surface area is 264 Å². The molecule has 240 valence electrons. The maximum atomic E-state index is 13.9. The molecule has 2 saturated heterocycles. The van der Waals surface area contributed by atoms with Crippen molar-refractivity contribution in [3.05, 3.63) is 90.0 Å². The van der Waals surface area contributed by atoms with E-state index < -0.39 is 22.0 Å². The predicted molar refractivity (Wildman–Crippen MR) is 166 cm³/mol. The van der Waals surface area contributed by atoms with Gasteiger partial charge in [-0.25, -0.2) is 8.42 Å². The summed E-state index contributed by atoms with van der Waals surface area (Å²) in [7, 11) is -2.09. The molecule has 3 aromatic carbocycles. The summed E-state index contributed by atoms with van der Waals surface area (Å²) in [6.07, 6.45) is 1.75. The van der Waals surface area contributed by atoms with E-state index in [1.807, 2.05) is 42.5 Å².